The van der Waals surface area contributed by atoms with Crippen molar-refractivity contribution in [1.29, 1.82) is 0 Å². The van der Waals surface area contributed by atoms with Crippen molar-refractivity contribution in [2.75, 3.05) is 33.3 Å². The highest BCUT2D eigenvalue weighted by molar-refractivity contribution is 14.0. The van der Waals surface area contributed by atoms with Crippen LogP contribution in [0.1, 0.15) is 24.8 Å². The molecule has 2 N–H and O–H groups in total. The fraction of sp³-hybridized carbons (Fsp3) is 0.667. The largest absolute Gasteiger partial charge is 0.477 e. The van der Waals surface area contributed by atoms with E-state index in [0.717, 1.165) is 5.56 Å². The first-order chi connectivity index (χ1) is 12.9. The Bertz CT molecular complexity index is 654. The third-order valence-corrected chi connectivity index (χ3v) is 4.66. The molecular weight excluding hydrogens is 486 g/mol. The van der Waals surface area contributed by atoms with Gasteiger partial charge in [0.1, 0.15) is 0 Å². The Morgan fingerprint density at radius 3 is 2.82 bits per heavy atom. The van der Waals surface area contributed by atoms with Crippen molar-refractivity contribution in [3.63, 3.8) is 0 Å². The third-order valence-electron chi connectivity index (χ3n) is 4.66. The third kappa shape index (κ3) is 7.98. The van der Waals surface area contributed by atoms with Crippen molar-refractivity contribution in [2.45, 2.75) is 38.0 Å². The second kappa shape index (κ2) is 10.5. The van der Waals surface area contributed by atoms with E-state index in [4.69, 9.17) is 4.74 Å². The molecule has 6 nitrogen and oxygen atoms in total. The molecule has 2 aliphatic rings. The number of ether oxygens (including phenoxy) is 1. The Kier molecular flexibility index (Phi) is 8.59. The van der Waals surface area contributed by atoms with E-state index in [1.54, 1.807) is 13.2 Å². The predicted molar refractivity (Wildman–Crippen MR) is 112 cm³/mol. The predicted octanol–water partition coefficient (Wildman–Crippen LogP) is 2.79. The maximum absolute atomic E-state index is 12.5. The van der Waals surface area contributed by atoms with Gasteiger partial charge in [0.15, 0.2) is 5.96 Å². The van der Waals surface area contributed by atoms with Crippen LogP contribution < -0.4 is 15.4 Å². The molecule has 0 amide bonds. The van der Waals surface area contributed by atoms with E-state index in [-0.39, 0.29) is 30.0 Å². The maximum atomic E-state index is 12.5. The van der Waals surface area contributed by atoms with Gasteiger partial charge in [-0.2, -0.15) is 13.2 Å². The number of hydrogen-bond donors (Lipinski definition) is 2. The summed E-state index contributed by atoms with van der Waals surface area (Å²) in [5, 5.41) is 6.39. The van der Waals surface area contributed by atoms with Crippen LogP contribution in [0.4, 0.5) is 13.2 Å². The number of alkyl halides is 3. The van der Waals surface area contributed by atoms with E-state index in [0.29, 0.717) is 50.4 Å². The van der Waals surface area contributed by atoms with Crippen molar-refractivity contribution < 1.29 is 17.9 Å². The second-order valence-electron chi connectivity index (χ2n) is 7.16. The zero-order valence-corrected chi connectivity index (χ0v) is 18.2. The summed E-state index contributed by atoms with van der Waals surface area (Å²) in [5.41, 5.74) is 1.00. The topological polar surface area (TPSA) is 61.8 Å². The van der Waals surface area contributed by atoms with E-state index in [1.807, 2.05) is 12.1 Å². The molecule has 1 atom stereocenters. The van der Waals surface area contributed by atoms with Crippen molar-refractivity contribution in [3.8, 4) is 5.88 Å². The molecule has 0 spiro atoms. The summed E-state index contributed by atoms with van der Waals surface area (Å²) in [6.45, 7) is 1.16. The molecule has 2 fully saturated rings. The highest BCUT2D eigenvalue weighted by Gasteiger charge is 2.34. The number of nitrogens with one attached hydrogen (secondary N) is 2. The average molecular weight is 513 g/mol. The average Bonchev–Trinajstić information content (AvgIpc) is 3.36. The normalized spacial score (nSPS) is 20.6. The van der Waals surface area contributed by atoms with Gasteiger partial charge in [-0.1, -0.05) is 0 Å². The van der Waals surface area contributed by atoms with E-state index >= 15 is 0 Å². The molecule has 0 aromatic carbocycles. The molecule has 1 aliphatic heterocycles. The number of nitrogens with zero attached hydrogens (tertiary/aromatic N) is 3. The quantitative estimate of drug-likeness (QED) is 0.334. The van der Waals surface area contributed by atoms with Crippen molar-refractivity contribution >= 4 is 29.9 Å². The molecule has 1 aliphatic carbocycles. The highest BCUT2D eigenvalue weighted by Crippen LogP contribution is 2.29. The van der Waals surface area contributed by atoms with E-state index in [1.165, 1.54) is 17.7 Å². The van der Waals surface area contributed by atoms with Crippen LogP contribution in [0, 0.1) is 5.92 Å². The first-order valence-corrected chi connectivity index (χ1v) is 9.25. The van der Waals surface area contributed by atoms with E-state index in [2.05, 4.69) is 20.6 Å². The lowest BCUT2D eigenvalue weighted by Crippen LogP contribution is -2.44. The minimum absolute atomic E-state index is 0. The van der Waals surface area contributed by atoms with E-state index < -0.39 is 12.7 Å². The van der Waals surface area contributed by atoms with E-state index in [9.17, 15) is 13.2 Å². The van der Waals surface area contributed by atoms with Crippen LogP contribution in [0.25, 0.3) is 0 Å². The SMILES string of the molecule is CN=C(NCc1ccnc(OCC2CC2)c1)NC1CCN(CC(F)(F)F)C1.I. The number of rotatable bonds is 7. The van der Waals surface area contributed by atoms with Gasteiger partial charge in [0.25, 0.3) is 0 Å². The molecule has 158 valence electrons. The summed E-state index contributed by atoms with van der Waals surface area (Å²) in [4.78, 5) is 9.79. The summed E-state index contributed by atoms with van der Waals surface area (Å²) in [7, 11) is 1.65. The van der Waals surface area contributed by atoms with Gasteiger partial charge in [0, 0.05) is 45.0 Å². The number of aliphatic imine (C=N–C) groups is 1. The number of halogens is 4. The molecule has 28 heavy (non-hydrogen) atoms. The van der Waals surface area contributed by atoms with Crippen molar-refractivity contribution in [2.24, 2.45) is 10.9 Å². The number of aromatic nitrogens is 1. The number of hydrogen-bond acceptors (Lipinski definition) is 4. The van der Waals surface area contributed by atoms with Gasteiger partial charge in [-0.05, 0) is 36.8 Å². The zero-order valence-electron chi connectivity index (χ0n) is 15.8. The van der Waals surface area contributed by atoms with Gasteiger partial charge in [-0.3, -0.25) is 9.89 Å². The number of likely N-dealkylation sites (tertiary alicyclic amines) is 1. The zero-order chi connectivity index (χ0) is 19.3. The molecule has 2 heterocycles. The van der Waals surface area contributed by atoms with Gasteiger partial charge < -0.3 is 15.4 Å². The lowest BCUT2D eigenvalue weighted by Gasteiger charge is -2.20. The van der Waals surface area contributed by atoms with Crippen LogP contribution in [-0.2, 0) is 6.54 Å². The molecular formula is C18H27F3IN5O. The lowest BCUT2D eigenvalue weighted by molar-refractivity contribution is -0.143. The minimum Gasteiger partial charge on any atom is -0.477 e. The second-order valence-corrected chi connectivity index (χ2v) is 7.16. The van der Waals surface area contributed by atoms with Crippen LogP contribution in [0.3, 0.4) is 0 Å². The molecule has 10 heteroatoms. The molecule has 0 bridgehead atoms. The van der Waals surface area contributed by atoms with Crippen LogP contribution >= 0.6 is 24.0 Å². The van der Waals surface area contributed by atoms with Crippen LogP contribution in [-0.4, -0.2) is 61.4 Å². The Hall–Kier alpha value is -1.30. The summed E-state index contributed by atoms with van der Waals surface area (Å²) in [5.74, 6) is 1.86. The molecule has 1 aromatic heterocycles. The molecule has 1 saturated heterocycles. The summed E-state index contributed by atoms with van der Waals surface area (Å²) in [6, 6.07) is 3.74. The van der Waals surface area contributed by atoms with Crippen LogP contribution in [0.2, 0.25) is 0 Å². The fourth-order valence-corrected chi connectivity index (χ4v) is 3.05. The Morgan fingerprint density at radius 2 is 2.14 bits per heavy atom. The van der Waals surface area contributed by atoms with Crippen molar-refractivity contribution in [1.82, 2.24) is 20.5 Å². The van der Waals surface area contributed by atoms with Crippen molar-refractivity contribution in [3.05, 3.63) is 23.9 Å². The smallest absolute Gasteiger partial charge is 0.401 e. The molecule has 1 aromatic rings. The number of guanidine groups is 1. The summed E-state index contributed by atoms with van der Waals surface area (Å²) < 4.78 is 43.2. The molecule has 1 unspecified atom stereocenters. The summed E-state index contributed by atoms with van der Waals surface area (Å²) in [6.07, 6.45) is 0.664. The van der Waals surface area contributed by atoms with Gasteiger partial charge in [0.2, 0.25) is 5.88 Å². The first-order valence-electron chi connectivity index (χ1n) is 9.25. The van der Waals surface area contributed by atoms with Gasteiger partial charge in [0.05, 0.1) is 13.2 Å². The highest BCUT2D eigenvalue weighted by atomic mass is 127. The van der Waals surface area contributed by atoms with Gasteiger partial charge >= 0.3 is 6.18 Å². The van der Waals surface area contributed by atoms with Gasteiger partial charge in [-0.15, -0.1) is 24.0 Å². The van der Waals surface area contributed by atoms with Crippen LogP contribution in [0.15, 0.2) is 23.3 Å². The minimum atomic E-state index is -4.16. The molecule has 1 saturated carbocycles. The molecule has 3 rings (SSSR count). The monoisotopic (exact) mass is 513 g/mol. The standard InChI is InChI=1S/C18H26F3N5O.HI/c1-22-17(25-15-5-7-26(10-15)12-18(19,20)21)24-9-14-4-6-23-16(8-14)27-11-13-2-3-13;/h4,6,8,13,15H,2-3,5,7,9-12H2,1H3,(H2,22,24,25);1H. The Balaban J connectivity index is 0.00000280. The lowest BCUT2D eigenvalue weighted by atomic mass is 10.2. The Labute approximate surface area is 180 Å². The van der Waals surface area contributed by atoms with Crippen LogP contribution in [0.5, 0.6) is 5.88 Å². The fourth-order valence-electron chi connectivity index (χ4n) is 3.05. The molecule has 0 radical (unpaired) electrons. The number of pyridine rings is 1. The first kappa shape index (κ1) is 23.0. The summed E-state index contributed by atoms with van der Waals surface area (Å²) >= 11 is 0. The maximum Gasteiger partial charge on any atom is 0.401 e. The van der Waals surface area contributed by atoms with Gasteiger partial charge in [-0.25, -0.2) is 4.98 Å². The Morgan fingerprint density at radius 1 is 1.36 bits per heavy atom.